The van der Waals surface area contributed by atoms with E-state index in [1.54, 1.807) is 0 Å². The fraction of sp³-hybridized carbons (Fsp3) is 0.300. The van der Waals surface area contributed by atoms with E-state index in [1.165, 1.54) is 0 Å². The molecule has 2 aromatic rings. The van der Waals surface area contributed by atoms with Gasteiger partial charge in [-0.05, 0) is 31.0 Å². The van der Waals surface area contributed by atoms with Crippen molar-refractivity contribution in [2.24, 2.45) is 0 Å². The molecule has 0 unspecified atom stereocenters. The van der Waals surface area contributed by atoms with E-state index in [2.05, 4.69) is 9.97 Å². The number of aryl methyl sites for hydroxylation is 2. The molecule has 0 spiro atoms. The molecule has 0 bridgehead atoms. The summed E-state index contributed by atoms with van der Waals surface area (Å²) in [5.41, 5.74) is 3.27. The summed E-state index contributed by atoms with van der Waals surface area (Å²) < 4.78 is 24.7. The fourth-order valence-electron chi connectivity index (χ4n) is 1.59. The highest BCUT2D eigenvalue weighted by Crippen LogP contribution is 2.22. The molecule has 2 rings (SSSR count). The minimum Gasteiger partial charge on any atom is -0.337 e. The number of H-pyrrole nitrogens is 1. The quantitative estimate of drug-likeness (QED) is 0.745. The molecular weight excluding hydrogens is 186 g/mol. The van der Waals surface area contributed by atoms with E-state index in [-0.39, 0.29) is 5.82 Å². The molecule has 0 aliphatic heterocycles. The molecule has 74 valence electrons. The number of hydrogen-bond acceptors (Lipinski definition) is 1. The Morgan fingerprint density at radius 2 is 2.00 bits per heavy atom. The summed E-state index contributed by atoms with van der Waals surface area (Å²) in [7, 11) is 0. The first-order chi connectivity index (χ1) is 6.58. The van der Waals surface area contributed by atoms with Crippen molar-refractivity contribution in [3.63, 3.8) is 0 Å². The number of fused-ring (bicyclic) bond motifs is 1. The van der Waals surface area contributed by atoms with Crippen LogP contribution in [0.5, 0.6) is 0 Å². The third-order valence-electron chi connectivity index (χ3n) is 2.15. The van der Waals surface area contributed by atoms with E-state index < -0.39 is 6.43 Å². The van der Waals surface area contributed by atoms with Gasteiger partial charge in [0.1, 0.15) is 0 Å². The topological polar surface area (TPSA) is 28.7 Å². The van der Waals surface area contributed by atoms with Gasteiger partial charge in [0, 0.05) is 0 Å². The van der Waals surface area contributed by atoms with E-state index in [4.69, 9.17) is 0 Å². The Balaban J connectivity index is 2.70. The van der Waals surface area contributed by atoms with Crippen molar-refractivity contribution < 1.29 is 8.78 Å². The van der Waals surface area contributed by atoms with Crippen molar-refractivity contribution in [2.75, 3.05) is 0 Å². The summed E-state index contributed by atoms with van der Waals surface area (Å²) in [5, 5.41) is 0. The lowest BCUT2D eigenvalue weighted by atomic mass is 10.1. The Morgan fingerprint density at radius 1 is 1.29 bits per heavy atom. The van der Waals surface area contributed by atoms with Crippen LogP contribution in [0.4, 0.5) is 8.78 Å². The molecule has 0 radical (unpaired) electrons. The van der Waals surface area contributed by atoms with Crippen LogP contribution >= 0.6 is 0 Å². The van der Waals surface area contributed by atoms with Crippen LogP contribution < -0.4 is 0 Å². The van der Waals surface area contributed by atoms with E-state index in [9.17, 15) is 8.78 Å². The predicted octanol–water partition coefficient (Wildman–Crippen LogP) is 3.12. The number of aromatic nitrogens is 2. The number of imidazole rings is 1. The monoisotopic (exact) mass is 196 g/mol. The molecular formula is C10H10F2N2. The average Bonchev–Trinajstić information content (AvgIpc) is 2.47. The van der Waals surface area contributed by atoms with Gasteiger partial charge in [-0.1, -0.05) is 6.07 Å². The van der Waals surface area contributed by atoms with Crippen LogP contribution in [0.25, 0.3) is 11.0 Å². The molecule has 4 heteroatoms. The smallest absolute Gasteiger partial charge is 0.295 e. The van der Waals surface area contributed by atoms with E-state index in [0.717, 1.165) is 11.1 Å². The first-order valence-corrected chi connectivity index (χ1v) is 4.33. The summed E-state index contributed by atoms with van der Waals surface area (Å²) in [4.78, 5) is 6.46. The van der Waals surface area contributed by atoms with Crippen LogP contribution in [0.2, 0.25) is 0 Å². The van der Waals surface area contributed by atoms with Crippen molar-refractivity contribution in [3.8, 4) is 0 Å². The third kappa shape index (κ3) is 1.36. The number of hydrogen-bond donors (Lipinski definition) is 1. The van der Waals surface area contributed by atoms with Crippen LogP contribution in [-0.2, 0) is 0 Å². The minimum absolute atomic E-state index is 0.256. The van der Waals surface area contributed by atoms with Crippen LogP contribution in [0.15, 0.2) is 12.1 Å². The van der Waals surface area contributed by atoms with Gasteiger partial charge in [0.15, 0.2) is 5.82 Å². The van der Waals surface area contributed by atoms with Gasteiger partial charge in [0.25, 0.3) is 6.43 Å². The zero-order valence-electron chi connectivity index (χ0n) is 7.94. The van der Waals surface area contributed by atoms with Crippen LogP contribution in [0.1, 0.15) is 23.4 Å². The number of aromatic amines is 1. The molecule has 0 aliphatic carbocycles. The number of halogens is 2. The predicted molar refractivity (Wildman–Crippen MR) is 50.5 cm³/mol. The van der Waals surface area contributed by atoms with E-state index in [0.29, 0.717) is 11.0 Å². The van der Waals surface area contributed by atoms with Gasteiger partial charge in [0.2, 0.25) is 0 Å². The Bertz CT molecular complexity index is 474. The maximum absolute atomic E-state index is 12.3. The number of nitrogens with zero attached hydrogens (tertiary/aromatic N) is 1. The Kier molecular flexibility index (Phi) is 1.98. The summed E-state index contributed by atoms with van der Waals surface area (Å²) >= 11 is 0. The van der Waals surface area contributed by atoms with Crippen LogP contribution in [-0.4, -0.2) is 9.97 Å². The molecule has 1 N–H and O–H groups in total. The largest absolute Gasteiger partial charge is 0.337 e. The van der Waals surface area contributed by atoms with Gasteiger partial charge >= 0.3 is 0 Å². The van der Waals surface area contributed by atoms with Crippen molar-refractivity contribution in [3.05, 3.63) is 29.1 Å². The summed E-state index contributed by atoms with van der Waals surface area (Å²) in [5.74, 6) is -0.256. The van der Waals surface area contributed by atoms with Gasteiger partial charge in [-0.3, -0.25) is 0 Å². The molecule has 1 aromatic heterocycles. The lowest BCUT2D eigenvalue weighted by molar-refractivity contribution is 0.142. The first-order valence-electron chi connectivity index (χ1n) is 4.33. The fourth-order valence-corrected chi connectivity index (χ4v) is 1.59. The van der Waals surface area contributed by atoms with E-state index in [1.807, 2.05) is 26.0 Å². The molecule has 0 saturated carbocycles. The SMILES string of the molecule is Cc1cc(C)c2nc(C(F)F)[nH]c2c1. The van der Waals surface area contributed by atoms with Crippen molar-refractivity contribution in [1.29, 1.82) is 0 Å². The number of nitrogens with one attached hydrogen (secondary N) is 1. The molecule has 1 aromatic carbocycles. The Labute approximate surface area is 80.0 Å². The lowest BCUT2D eigenvalue weighted by Crippen LogP contribution is -1.85. The van der Waals surface area contributed by atoms with Crippen molar-refractivity contribution in [2.45, 2.75) is 20.3 Å². The zero-order valence-corrected chi connectivity index (χ0v) is 7.94. The van der Waals surface area contributed by atoms with Gasteiger partial charge < -0.3 is 4.98 Å². The normalized spacial score (nSPS) is 11.5. The molecule has 1 heterocycles. The minimum atomic E-state index is -2.54. The highest BCUT2D eigenvalue weighted by molar-refractivity contribution is 5.79. The van der Waals surface area contributed by atoms with Gasteiger partial charge in [0.05, 0.1) is 11.0 Å². The average molecular weight is 196 g/mol. The zero-order chi connectivity index (χ0) is 10.3. The molecule has 0 aliphatic rings. The number of rotatable bonds is 1. The maximum atomic E-state index is 12.3. The number of alkyl halides is 2. The lowest BCUT2D eigenvalue weighted by Gasteiger charge is -1.96. The van der Waals surface area contributed by atoms with Crippen LogP contribution in [0.3, 0.4) is 0 Å². The third-order valence-corrected chi connectivity index (χ3v) is 2.15. The van der Waals surface area contributed by atoms with Crippen molar-refractivity contribution >= 4 is 11.0 Å². The molecule has 0 saturated heterocycles. The van der Waals surface area contributed by atoms with Gasteiger partial charge in [-0.15, -0.1) is 0 Å². The molecule has 14 heavy (non-hydrogen) atoms. The summed E-state index contributed by atoms with van der Waals surface area (Å²) in [6.07, 6.45) is -2.54. The first kappa shape index (κ1) is 9.12. The van der Waals surface area contributed by atoms with Gasteiger partial charge in [-0.2, -0.15) is 0 Å². The number of benzene rings is 1. The second kappa shape index (κ2) is 3.04. The summed E-state index contributed by atoms with van der Waals surface area (Å²) in [6.45, 7) is 3.79. The maximum Gasteiger partial charge on any atom is 0.295 e. The van der Waals surface area contributed by atoms with Gasteiger partial charge in [-0.25, -0.2) is 13.8 Å². The summed E-state index contributed by atoms with van der Waals surface area (Å²) in [6, 6.07) is 3.75. The highest BCUT2D eigenvalue weighted by atomic mass is 19.3. The standard InChI is InChI=1S/C10H10F2N2/c1-5-3-6(2)8-7(4-5)13-10(14-8)9(11)12/h3-4,9H,1-2H3,(H,13,14). The molecule has 0 fully saturated rings. The highest BCUT2D eigenvalue weighted by Gasteiger charge is 2.13. The molecule has 0 amide bonds. The van der Waals surface area contributed by atoms with E-state index >= 15 is 0 Å². The Morgan fingerprint density at radius 3 is 2.64 bits per heavy atom. The second-order valence-electron chi connectivity index (χ2n) is 3.40. The molecule has 0 atom stereocenters. The molecule has 2 nitrogen and oxygen atoms in total. The van der Waals surface area contributed by atoms with Crippen LogP contribution in [0, 0.1) is 13.8 Å². The van der Waals surface area contributed by atoms with Crippen molar-refractivity contribution in [1.82, 2.24) is 9.97 Å². The Hall–Kier alpha value is -1.45. The second-order valence-corrected chi connectivity index (χ2v) is 3.40.